The standard InChI is InChI=1S/C9H12N4O/c1-3-13-8(6-7(2)12-13)9(14)11-5-4-10/h6H,3,5H2,1-2H3,(H,11,14). The lowest BCUT2D eigenvalue weighted by Crippen LogP contribution is -2.26. The van der Waals surface area contributed by atoms with Gasteiger partial charge in [-0.05, 0) is 19.9 Å². The van der Waals surface area contributed by atoms with E-state index < -0.39 is 0 Å². The minimum Gasteiger partial charge on any atom is -0.338 e. The highest BCUT2D eigenvalue weighted by molar-refractivity contribution is 5.92. The molecular weight excluding hydrogens is 180 g/mol. The van der Waals surface area contributed by atoms with Crippen molar-refractivity contribution < 1.29 is 4.79 Å². The number of aromatic nitrogens is 2. The van der Waals surface area contributed by atoms with Crippen molar-refractivity contribution in [1.82, 2.24) is 15.1 Å². The van der Waals surface area contributed by atoms with Crippen LogP contribution in [0.4, 0.5) is 0 Å². The minimum absolute atomic E-state index is 0.0206. The van der Waals surface area contributed by atoms with E-state index in [9.17, 15) is 4.79 Å². The first-order valence-corrected chi connectivity index (χ1v) is 4.38. The van der Waals surface area contributed by atoms with Crippen molar-refractivity contribution in [3.8, 4) is 6.07 Å². The van der Waals surface area contributed by atoms with Crippen LogP contribution in [0, 0.1) is 18.3 Å². The lowest BCUT2D eigenvalue weighted by Gasteiger charge is -2.02. The molecule has 14 heavy (non-hydrogen) atoms. The molecule has 5 nitrogen and oxygen atoms in total. The summed E-state index contributed by atoms with van der Waals surface area (Å²) in [5, 5.41) is 14.9. The minimum atomic E-state index is -0.256. The second kappa shape index (κ2) is 4.42. The van der Waals surface area contributed by atoms with E-state index in [0.29, 0.717) is 12.2 Å². The molecule has 0 bridgehead atoms. The average Bonchev–Trinajstić information content (AvgIpc) is 2.56. The van der Waals surface area contributed by atoms with Crippen molar-refractivity contribution in [1.29, 1.82) is 5.26 Å². The lowest BCUT2D eigenvalue weighted by molar-refractivity contribution is 0.0948. The molecule has 0 fully saturated rings. The third-order valence-corrected chi connectivity index (χ3v) is 1.76. The fourth-order valence-electron chi connectivity index (χ4n) is 1.18. The van der Waals surface area contributed by atoms with Gasteiger partial charge in [-0.25, -0.2) is 0 Å². The van der Waals surface area contributed by atoms with Crippen LogP contribution in [0.5, 0.6) is 0 Å². The summed E-state index contributed by atoms with van der Waals surface area (Å²) in [7, 11) is 0. The summed E-state index contributed by atoms with van der Waals surface area (Å²) in [6.45, 7) is 4.40. The predicted octanol–water partition coefficient (Wildman–Crippen LogP) is 0.465. The van der Waals surface area contributed by atoms with Crippen molar-refractivity contribution >= 4 is 5.91 Å². The molecule has 0 radical (unpaired) electrons. The van der Waals surface area contributed by atoms with Crippen LogP contribution >= 0.6 is 0 Å². The van der Waals surface area contributed by atoms with Crippen LogP contribution in [0.3, 0.4) is 0 Å². The van der Waals surface area contributed by atoms with Crippen LogP contribution in [0.2, 0.25) is 0 Å². The van der Waals surface area contributed by atoms with Crippen molar-refractivity contribution in [2.45, 2.75) is 20.4 Å². The van der Waals surface area contributed by atoms with Gasteiger partial charge in [-0.3, -0.25) is 9.48 Å². The molecule has 0 aliphatic heterocycles. The zero-order valence-electron chi connectivity index (χ0n) is 8.24. The van der Waals surface area contributed by atoms with E-state index in [2.05, 4.69) is 10.4 Å². The Labute approximate surface area is 82.3 Å². The highest BCUT2D eigenvalue weighted by atomic mass is 16.2. The topological polar surface area (TPSA) is 70.7 Å². The zero-order valence-corrected chi connectivity index (χ0v) is 8.24. The normalized spacial score (nSPS) is 9.50. The maximum absolute atomic E-state index is 11.5. The van der Waals surface area contributed by atoms with Gasteiger partial charge >= 0.3 is 0 Å². The molecule has 0 aliphatic rings. The number of carbonyl (C=O) groups is 1. The van der Waals surface area contributed by atoms with Crippen LogP contribution in [0.1, 0.15) is 23.1 Å². The maximum Gasteiger partial charge on any atom is 0.270 e. The quantitative estimate of drug-likeness (QED) is 0.707. The molecule has 1 N–H and O–H groups in total. The van der Waals surface area contributed by atoms with E-state index in [1.54, 1.807) is 10.7 Å². The second-order valence-corrected chi connectivity index (χ2v) is 2.83. The van der Waals surface area contributed by atoms with Gasteiger partial charge in [0.05, 0.1) is 11.8 Å². The van der Waals surface area contributed by atoms with Gasteiger partial charge in [-0.2, -0.15) is 10.4 Å². The van der Waals surface area contributed by atoms with Crippen molar-refractivity contribution in [2.75, 3.05) is 6.54 Å². The molecular formula is C9H12N4O. The Bertz CT molecular complexity index is 375. The summed E-state index contributed by atoms with van der Waals surface area (Å²) in [5.41, 5.74) is 1.30. The Morgan fingerprint density at radius 2 is 2.50 bits per heavy atom. The summed E-state index contributed by atoms with van der Waals surface area (Å²) in [6, 6.07) is 3.56. The summed E-state index contributed by atoms with van der Waals surface area (Å²) < 4.78 is 1.61. The fraction of sp³-hybridized carbons (Fsp3) is 0.444. The number of nitrogens with zero attached hydrogens (tertiary/aromatic N) is 3. The van der Waals surface area contributed by atoms with Crippen molar-refractivity contribution in [3.63, 3.8) is 0 Å². The molecule has 5 heteroatoms. The van der Waals surface area contributed by atoms with Gasteiger partial charge in [0.2, 0.25) is 0 Å². The Morgan fingerprint density at radius 3 is 3.07 bits per heavy atom. The molecule has 1 heterocycles. The van der Waals surface area contributed by atoms with E-state index in [-0.39, 0.29) is 12.5 Å². The highest BCUT2D eigenvalue weighted by Crippen LogP contribution is 2.03. The first kappa shape index (κ1) is 10.3. The number of rotatable bonds is 3. The number of nitriles is 1. The van der Waals surface area contributed by atoms with Crippen LogP contribution in [0.25, 0.3) is 0 Å². The third-order valence-electron chi connectivity index (χ3n) is 1.76. The molecule has 74 valence electrons. The Morgan fingerprint density at radius 1 is 1.79 bits per heavy atom. The third kappa shape index (κ3) is 2.10. The molecule has 0 spiro atoms. The number of amides is 1. The molecule has 0 aromatic carbocycles. The van der Waals surface area contributed by atoms with E-state index in [0.717, 1.165) is 5.69 Å². The molecule has 1 amide bonds. The summed E-state index contributed by atoms with van der Waals surface area (Å²) in [6.07, 6.45) is 0. The van der Waals surface area contributed by atoms with Gasteiger partial charge < -0.3 is 5.32 Å². The smallest absolute Gasteiger partial charge is 0.270 e. The molecule has 0 aliphatic carbocycles. The molecule has 0 saturated carbocycles. The monoisotopic (exact) mass is 192 g/mol. The lowest BCUT2D eigenvalue weighted by atomic mass is 10.3. The summed E-state index contributed by atoms with van der Waals surface area (Å²) >= 11 is 0. The molecule has 1 rings (SSSR count). The molecule has 0 atom stereocenters. The molecule has 0 unspecified atom stereocenters. The number of nitrogens with one attached hydrogen (secondary N) is 1. The SMILES string of the molecule is CCn1nc(C)cc1C(=O)NCC#N. The highest BCUT2D eigenvalue weighted by Gasteiger charge is 2.11. The van der Waals surface area contributed by atoms with E-state index in [1.165, 1.54) is 0 Å². The van der Waals surface area contributed by atoms with Crippen molar-refractivity contribution in [3.05, 3.63) is 17.5 Å². The van der Waals surface area contributed by atoms with Crippen LogP contribution in [-0.4, -0.2) is 22.2 Å². The van der Waals surface area contributed by atoms with Crippen LogP contribution in [0.15, 0.2) is 6.07 Å². The van der Waals surface area contributed by atoms with Gasteiger partial charge in [-0.1, -0.05) is 0 Å². The first-order valence-electron chi connectivity index (χ1n) is 4.38. The van der Waals surface area contributed by atoms with Gasteiger partial charge in [0.1, 0.15) is 12.2 Å². The maximum atomic E-state index is 11.5. The Balaban J connectivity index is 2.84. The van der Waals surface area contributed by atoms with E-state index in [4.69, 9.17) is 5.26 Å². The molecule has 1 aromatic rings. The van der Waals surface area contributed by atoms with Gasteiger partial charge in [0.15, 0.2) is 0 Å². The first-order chi connectivity index (χ1) is 6.69. The predicted molar refractivity (Wildman–Crippen MR) is 50.6 cm³/mol. The van der Waals surface area contributed by atoms with E-state index >= 15 is 0 Å². The van der Waals surface area contributed by atoms with Crippen molar-refractivity contribution in [2.24, 2.45) is 0 Å². The van der Waals surface area contributed by atoms with Gasteiger partial charge in [0, 0.05) is 6.54 Å². The molecule has 1 aromatic heterocycles. The number of hydrogen-bond donors (Lipinski definition) is 1. The number of hydrogen-bond acceptors (Lipinski definition) is 3. The Hall–Kier alpha value is -1.83. The van der Waals surface area contributed by atoms with Gasteiger partial charge in [0.25, 0.3) is 5.91 Å². The van der Waals surface area contributed by atoms with Gasteiger partial charge in [-0.15, -0.1) is 0 Å². The fourth-order valence-corrected chi connectivity index (χ4v) is 1.18. The zero-order chi connectivity index (χ0) is 10.6. The number of carbonyl (C=O) groups excluding carboxylic acids is 1. The second-order valence-electron chi connectivity index (χ2n) is 2.83. The average molecular weight is 192 g/mol. The Kier molecular flexibility index (Phi) is 3.24. The summed E-state index contributed by atoms with van der Waals surface area (Å²) in [5.74, 6) is -0.256. The summed E-state index contributed by atoms with van der Waals surface area (Å²) in [4.78, 5) is 11.5. The van der Waals surface area contributed by atoms with Crippen LogP contribution in [-0.2, 0) is 6.54 Å². The molecule has 0 saturated heterocycles. The van der Waals surface area contributed by atoms with Crippen LogP contribution < -0.4 is 5.32 Å². The number of aryl methyl sites for hydroxylation is 2. The largest absolute Gasteiger partial charge is 0.338 e. The van der Waals surface area contributed by atoms with E-state index in [1.807, 2.05) is 19.9 Å².